The number of pyridine rings is 1. The Labute approximate surface area is 174 Å². The molecule has 0 radical (unpaired) electrons. The number of hydrogen-bond acceptors (Lipinski definition) is 2. The van der Waals surface area contributed by atoms with E-state index in [4.69, 9.17) is 9.40 Å². The van der Waals surface area contributed by atoms with Crippen molar-refractivity contribution in [1.29, 1.82) is 0 Å². The van der Waals surface area contributed by atoms with Crippen LogP contribution in [0.3, 0.4) is 0 Å². The summed E-state index contributed by atoms with van der Waals surface area (Å²) < 4.78 is 33.2. The van der Waals surface area contributed by atoms with Crippen LogP contribution in [0.4, 0.5) is 8.78 Å². The third kappa shape index (κ3) is 3.19. The van der Waals surface area contributed by atoms with E-state index < -0.39 is 5.92 Å². The van der Waals surface area contributed by atoms with Crippen molar-refractivity contribution in [2.24, 2.45) is 0 Å². The number of fused-ring (bicyclic) bond motifs is 2. The van der Waals surface area contributed by atoms with Gasteiger partial charge in [0.2, 0.25) is 5.92 Å². The first-order valence-corrected chi connectivity index (χ1v) is 10.6. The Morgan fingerprint density at radius 3 is 2.50 bits per heavy atom. The van der Waals surface area contributed by atoms with Gasteiger partial charge in [0.15, 0.2) is 0 Å². The van der Waals surface area contributed by atoms with Gasteiger partial charge in [-0.15, -0.1) is 0 Å². The van der Waals surface area contributed by atoms with E-state index in [-0.39, 0.29) is 18.8 Å². The SMILES string of the molecule is Cc1cc(-c2nccc3cc(C4CCC(F)(F)CC4)ccc23)c2oc(C)c(C)c2c1. The van der Waals surface area contributed by atoms with Gasteiger partial charge in [-0.1, -0.05) is 18.2 Å². The van der Waals surface area contributed by atoms with Crippen LogP contribution in [0.2, 0.25) is 0 Å². The molecule has 154 valence electrons. The van der Waals surface area contributed by atoms with Gasteiger partial charge in [-0.3, -0.25) is 4.98 Å². The first kappa shape index (κ1) is 19.2. The molecule has 0 aliphatic heterocycles. The molecule has 1 aliphatic rings. The highest BCUT2D eigenvalue weighted by Crippen LogP contribution is 2.42. The van der Waals surface area contributed by atoms with E-state index >= 15 is 0 Å². The van der Waals surface area contributed by atoms with Gasteiger partial charge in [0, 0.05) is 35.4 Å². The zero-order valence-corrected chi connectivity index (χ0v) is 17.6. The van der Waals surface area contributed by atoms with Crippen LogP contribution in [0.25, 0.3) is 33.0 Å². The highest BCUT2D eigenvalue weighted by molar-refractivity contribution is 6.03. The molecule has 0 unspecified atom stereocenters. The minimum atomic E-state index is -2.50. The maximum atomic E-state index is 13.6. The van der Waals surface area contributed by atoms with E-state index in [9.17, 15) is 8.78 Å². The van der Waals surface area contributed by atoms with Crippen molar-refractivity contribution >= 4 is 21.7 Å². The molecule has 2 heterocycles. The van der Waals surface area contributed by atoms with Crippen LogP contribution < -0.4 is 0 Å². The van der Waals surface area contributed by atoms with Gasteiger partial charge >= 0.3 is 0 Å². The second-order valence-electron chi connectivity index (χ2n) is 8.74. The summed E-state index contributed by atoms with van der Waals surface area (Å²) in [5.74, 6) is -1.37. The number of nitrogens with zero attached hydrogens (tertiary/aromatic N) is 1. The average molecular weight is 405 g/mol. The molecule has 4 aromatic rings. The van der Waals surface area contributed by atoms with Crippen molar-refractivity contribution in [2.75, 3.05) is 0 Å². The second-order valence-corrected chi connectivity index (χ2v) is 8.74. The Kier molecular flexibility index (Phi) is 4.42. The maximum absolute atomic E-state index is 13.6. The van der Waals surface area contributed by atoms with Crippen molar-refractivity contribution in [1.82, 2.24) is 4.98 Å². The maximum Gasteiger partial charge on any atom is 0.248 e. The second kappa shape index (κ2) is 6.90. The molecule has 0 atom stereocenters. The smallest absolute Gasteiger partial charge is 0.248 e. The van der Waals surface area contributed by atoms with Crippen LogP contribution in [-0.4, -0.2) is 10.9 Å². The third-order valence-electron chi connectivity index (χ3n) is 6.65. The van der Waals surface area contributed by atoms with Gasteiger partial charge < -0.3 is 4.42 Å². The summed E-state index contributed by atoms with van der Waals surface area (Å²) >= 11 is 0. The topological polar surface area (TPSA) is 26.0 Å². The summed E-state index contributed by atoms with van der Waals surface area (Å²) in [5, 5.41) is 3.27. The van der Waals surface area contributed by atoms with E-state index in [0.29, 0.717) is 12.8 Å². The Morgan fingerprint density at radius 1 is 0.967 bits per heavy atom. The minimum Gasteiger partial charge on any atom is -0.460 e. The molecule has 2 nitrogen and oxygen atoms in total. The van der Waals surface area contributed by atoms with Crippen LogP contribution in [0, 0.1) is 20.8 Å². The molecular formula is C26H25F2NO. The Bertz CT molecular complexity index is 1260. The number of hydrogen-bond donors (Lipinski definition) is 0. The number of furan rings is 1. The third-order valence-corrected chi connectivity index (χ3v) is 6.65. The van der Waals surface area contributed by atoms with Crippen molar-refractivity contribution in [2.45, 2.75) is 58.3 Å². The number of halogens is 2. The molecule has 2 aromatic carbocycles. The largest absolute Gasteiger partial charge is 0.460 e. The van der Waals surface area contributed by atoms with Gasteiger partial charge in [0.05, 0.1) is 5.69 Å². The molecular weight excluding hydrogens is 380 g/mol. The van der Waals surface area contributed by atoms with Crippen LogP contribution in [0.5, 0.6) is 0 Å². The lowest BCUT2D eigenvalue weighted by Crippen LogP contribution is -2.23. The molecule has 4 heteroatoms. The molecule has 0 amide bonds. The molecule has 1 aliphatic carbocycles. The monoisotopic (exact) mass is 405 g/mol. The molecule has 5 rings (SSSR count). The van der Waals surface area contributed by atoms with Crippen molar-refractivity contribution < 1.29 is 13.2 Å². The summed E-state index contributed by atoms with van der Waals surface area (Å²) in [6, 6.07) is 12.6. The fraction of sp³-hybridized carbons (Fsp3) is 0.346. The number of aryl methyl sites for hydroxylation is 3. The Hall–Kier alpha value is -2.75. The normalized spacial score (nSPS) is 17.1. The van der Waals surface area contributed by atoms with Gasteiger partial charge in [0.25, 0.3) is 0 Å². The zero-order valence-electron chi connectivity index (χ0n) is 17.6. The fourth-order valence-electron chi connectivity index (χ4n) is 4.80. The Balaban J connectivity index is 1.62. The lowest BCUT2D eigenvalue weighted by atomic mass is 9.81. The predicted molar refractivity (Wildman–Crippen MR) is 117 cm³/mol. The number of benzene rings is 2. The van der Waals surface area contributed by atoms with Crippen LogP contribution in [0.1, 0.15) is 54.1 Å². The molecule has 30 heavy (non-hydrogen) atoms. The van der Waals surface area contributed by atoms with Crippen LogP contribution in [-0.2, 0) is 0 Å². The van der Waals surface area contributed by atoms with Gasteiger partial charge in [-0.25, -0.2) is 8.78 Å². The molecule has 0 saturated heterocycles. The molecule has 1 saturated carbocycles. The van der Waals surface area contributed by atoms with E-state index in [2.05, 4.69) is 44.2 Å². The molecule has 2 aromatic heterocycles. The Morgan fingerprint density at radius 2 is 1.73 bits per heavy atom. The standard InChI is InChI=1S/C26H25F2NO/c1-15-12-22-16(2)17(3)30-25(22)23(13-15)24-21-5-4-19(14-20(21)8-11-29-24)18-6-9-26(27,28)10-7-18/h4-5,8,11-14,18H,6-7,9-10H2,1-3H3. The van der Waals surface area contributed by atoms with Crippen molar-refractivity contribution in [3.63, 3.8) is 0 Å². The van der Waals surface area contributed by atoms with Crippen LogP contribution in [0.15, 0.2) is 47.0 Å². The van der Waals surface area contributed by atoms with E-state index in [0.717, 1.165) is 49.9 Å². The van der Waals surface area contributed by atoms with E-state index in [1.165, 1.54) is 5.56 Å². The molecule has 1 fully saturated rings. The molecule has 0 spiro atoms. The van der Waals surface area contributed by atoms with Gasteiger partial charge in [-0.2, -0.15) is 0 Å². The quantitative estimate of drug-likeness (QED) is 0.339. The lowest BCUT2D eigenvalue weighted by Gasteiger charge is -2.28. The summed E-state index contributed by atoms with van der Waals surface area (Å²) in [4.78, 5) is 4.71. The summed E-state index contributed by atoms with van der Waals surface area (Å²) in [6.07, 6.45) is 2.87. The lowest BCUT2D eigenvalue weighted by molar-refractivity contribution is -0.0382. The van der Waals surface area contributed by atoms with Crippen molar-refractivity contribution in [3.05, 3.63) is 65.0 Å². The number of alkyl halides is 2. The molecule has 0 N–H and O–H groups in total. The van der Waals surface area contributed by atoms with Gasteiger partial charge in [-0.05, 0) is 79.8 Å². The summed E-state index contributed by atoms with van der Waals surface area (Å²) in [7, 11) is 0. The average Bonchev–Trinajstić information content (AvgIpc) is 3.01. The zero-order chi connectivity index (χ0) is 21.0. The summed E-state index contributed by atoms with van der Waals surface area (Å²) in [5.41, 5.74) is 6.24. The number of aromatic nitrogens is 1. The van der Waals surface area contributed by atoms with E-state index in [1.807, 2.05) is 19.2 Å². The van der Waals surface area contributed by atoms with Crippen molar-refractivity contribution in [3.8, 4) is 11.3 Å². The first-order chi connectivity index (χ1) is 14.3. The highest BCUT2D eigenvalue weighted by Gasteiger charge is 2.35. The predicted octanol–water partition coefficient (Wildman–Crippen LogP) is 7.87. The summed E-state index contributed by atoms with van der Waals surface area (Å²) in [6.45, 7) is 6.17. The minimum absolute atomic E-state index is 0.0181. The fourth-order valence-corrected chi connectivity index (χ4v) is 4.80. The first-order valence-electron chi connectivity index (χ1n) is 10.6. The number of rotatable bonds is 2. The van der Waals surface area contributed by atoms with Gasteiger partial charge in [0.1, 0.15) is 11.3 Å². The molecule has 0 bridgehead atoms. The van der Waals surface area contributed by atoms with Crippen LogP contribution >= 0.6 is 0 Å². The highest BCUT2D eigenvalue weighted by atomic mass is 19.3. The van der Waals surface area contributed by atoms with E-state index in [1.54, 1.807) is 0 Å².